The van der Waals surface area contributed by atoms with Crippen molar-refractivity contribution < 1.29 is 9.18 Å². The van der Waals surface area contributed by atoms with Gasteiger partial charge in [0.25, 0.3) is 0 Å². The van der Waals surface area contributed by atoms with Crippen LogP contribution in [0.2, 0.25) is 0 Å². The van der Waals surface area contributed by atoms with Gasteiger partial charge in [-0.3, -0.25) is 4.79 Å². The van der Waals surface area contributed by atoms with Crippen LogP contribution in [0.25, 0.3) is 0 Å². The molecule has 1 unspecified atom stereocenters. The van der Waals surface area contributed by atoms with Gasteiger partial charge in [0, 0.05) is 39.2 Å². The molecule has 0 aliphatic carbocycles. The van der Waals surface area contributed by atoms with E-state index < -0.39 is 0 Å². The van der Waals surface area contributed by atoms with E-state index in [1.165, 1.54) is 31.4 Å². The zero-order valence-electron chi connectivity index (χ0n) is 16.2. The monoisotopic (exact) mass is 383 g/mol. The second-order valence-corrected chi connectivity index (χ2v) is 7.58. The molecule has 1 atom stereocenters. The average molecular weight is 383 g/mol. The van der Waals surface area contributed by atoms with Crippen molar-refractivity contribution in [1.29, 1.82) is 0 Å². The van der Waals surface area contributed by atoms with Crippen molar-refractivity contribution in [3.05, 3.63) is 47.5 Å². The number of nitrogens with one attached hydrogen (secondary N) is 1. The van der Waals surface area contributed by atoms with E-state index in [1.54, 1.807) is 18.2 Å². The van der Waals surface area contributed by atoms with E-state index in [0.29, 0.717) is 13.1 Å². The molecule has 1 amide bonds. The Bertz CT molecular complexity index is 852. The van der Waals surface area contributed by atoms with Crippen molar-refractivity contribution in [1.82, 2.24) is 14.9 Å². The number of aromatic nitrogens is 2. The molecule has 1 N–H and O–H groups in total. The third kappa shape index (κ3) is 4.08. The van der Waals surface area contributed by atoms with Crippen LogP contribution in [0.5, 0.6) is 0 Å². The predicted molar refractivity (Wildman–Crippen MR) is 107 cm³/mol. The van der Waals surface area contributed by atoms with Crippen LogP contribution in [0.4, 0.5) is 16.0 Å². The maximum absolute atomic E-state index is 13.8. The third-order valence-corrected chi connectivity index (χ3v) is 5.63. The number of hydrogen-bond donors (Lipinski definition) is 1. The van der Waals surface area contributed by atoms with Crippen LogP contribution < -0.4 is 10.2 Å². The van der Waals surface area contributed by atoms with Gasteiger partial charge in [-0.2, -0.15) is 0 Å². The molecule has 1 aromatic heterocycles. The van der Waals surface area contributed by atoms with Gasteiger partial charge in [-0.25, -0.2) is 14.4 Å². The average Bonchev–Trinajstić information content (AvgIpc) is 2.88. The summed E-state index contributed by atoms with van der Waals surface area (Å²) >= 11 is 0. The number of halogens is 1. The zero-order chi connectivity index (χ0) is 19.5. The molecule has 148 valence electrons. The Morgan fingerprint density at radius 3 is 2.75 bits per heavy atom. The van der Waals surface area contributed by atoms with Crippen LogP contribution in [-0.4, -0.2) is 40.4 Å². The van der Waals surface area contributed by atoms with Crippen LogP contribution in [0.15, 0.2) is 30.6 Å². The molecule has 0 radical (unpaired) electrons. The molecular weight excluding hydrogens is 357 g/mol. The Labute approximate surface area is 164 Å². The normalized spacial score (nSPS) is 19.7. The molecule has 0 spiro atoms. The summed E-state index contributed by atoms with van der Waals surface area (Å²) in [6.07, 6.45) is 5.98. The largest absolute Gasteiger partial charge is 0.363 e. The van der Waals surface area contributed by atoms with Gasteiger partial charge in [0.15, 0.2) is 0 Å². The molecule has 0 bridgehead atoms. The molecule has 1 saturated heterocycles. The zero-order valence-corrected chi connectivity index (χ0v) is 16.2. The number of fused-ring (bicyclic) bond motifs is 1. The SMILES string of the molecule is CC(=O)N1CCC(Nc2cc(N3CCCCC3)ncn2)c2ccc(F)cc2C1. The summed E-state index contributed by atoms with van der Waals surface area (Å²) < 4.78 is 13.8. The molecule has 2 aliphatic rings. The fourth-order valence-electron chi connectivity index (χ4n) is 4.10. The molecule has 7 heteroatoms. The maximum Gasteiger partial charge on any atom is 0.219 e. The van der Waals surface area contributed by atoms with E-state index in [4.69, 9.17) is 0 Å². The molecule has 1 fully saturated rings. The number of nitrogens with zero attached hydrogens (tertiary/aromatic N) is 4. The molecule has 1 aromatic carbocycles. The first kappa shape index (κ1) is 18.7. The number of anilines is 2. The smallest absolute Gasteiger partial charge is 0.219 e. The quantitative estimate of drug-likeness (QED) is 0.879. The molecule has 6 nitrogen and oxygen atoms in total. The minimum atomic E-state index is -0.280. The van der Waals surface area contributed by atoms with Gasteiger partial charge >= 0.3 is 0 Å². The van der Waals surface area contributed by atoms with Crippen LogP contribution in [-0.2, 0) is 11.3 Å². The summed E-state index contributed by atoms with van der Waals surface area (Å²) in [6.45, 7) is 4.66. The Hall–Kier alpha value is -2.70. The summed E-state index contributed by atoms with van der Waals surface area (Å²) in [6, 6.07) is 6.78. The molecular formula is C21H26FN5O. The maximum atomic E-state index is 13.8. The van der Waals surface area contributed by atoms with Gasteiger partial charge in [-0.15, -0.1) is 0 Å². The van der Waals surface area contributed by atoms with Gasteiger partial charge in [0.2, 0.25) is 5.91 Å². The highest BCUT2D eigenvalue weighted by Crippen LogP contribution is 2.31. The number of piperidine rings is 1. The number of rotatable bonds is 3. The number of amides is 1. The van der Waals surface area contributed by atoms with Gasteiger partial charge in [0.1, 0.15) is 23.8 Å². The highest BCUT2D eigenvalue weighted by atomic mass is 19.1. The minimum absolute atomic E-state index is 0.00489. The third-order valence-electron chi connectivity index (χ3n) is 5.63. The lowest BCUT2D eigenvalue weighted by atomic mass is 9.99. The van der Waals surface area contributed by atoms with E-state index in [2.05, 4.69) is 20.2 Å². The summed E-state index contributed by atoms with van der Waals surface area (Å²) in [4.78, 5) is 24.8. The van der Waals surface area contributed by atoms with Crippen molar-refractivity contribution >= 4 is 17.5 Å². The standard InChI is InChI=1S/C21H26FN5O/c1-15(28)27-10-7-19(18-6-5-17(22)11-16(18)13-27)25-20-12-21(24-14-23-20)26-8-3-2-4-9-26/h5-6,11-12,14,19H,2-4,7-10,13H2,1H3,(H,23,24,25). The predicted octanol–water partition coefficient (Wildman–Crippen LogP) is 3.51. The second kappa shape index (κ2) is 8.12. The lowest BCUT2D eigenvalue weighted by Crippen LogP contribution is -2.30. The lowest BCUT2D eigenvalue weighted by Gasteiger charge is -2.28. The van der Waals surface area contributed by atoms with Gasteiger partial charge in [-0.05, 0) is 48.9 Å². The minimum Gasteiger partial charge on any atom is -0.363 e. The van der Waals surface area contributed by atoms with Gasteiger partial charge in [-0.1, -0.05) is 6.07 Å². The topological polar surface area (TPSA) is 61.4 Å². The summed E-state index contributed by atoms with van der Waals surface area (Å²) in [5.41, 5.74) is 1.86. The van der Waals surface area contributed by atoms with Gasteiger partial charge in [0.05, 0.1) is 6.04 Å². The van der Waals surface area contributed by atoms with E-state index in [9.17, 15) is 9.18 Å². The van der Waals surface area contributed by atoms with Crippen molar-refractivity contribution in [2.45, 2.75) is 45.2 Å². The molecule has 3 heterocycles. The Morgan fingerprint density at radius 2 is 1.96 bits per heavy atom. The summed E-state index contributed by atoms with van der Waals surface area (Å²) in [5.74, 6) is 1.42. The molecule has 4 rings (SSSR count). The van der Waals surface area contributed by atoms with Crippen molar-refractivity contribution in [2.75, 3.05) is 29.9 Å². The first-order valence-electron chi connectivity index (χ1n) is 9.97. The number of carbonyl (C=O) groups excluding carboxylic acids is 1. The fraction of sp³-hybridized carbons (Fsp3) is 0.476. The Balaban J connectivity index is 1.58. The van der Waals surface area contributed by atoms with Crippen LogP contribution >= 0.6 is 0 Å². The molecule has 28 heavy (non-hydrogen) atoms. The van der Waals surface area contributed by atoms with E-state index >= 15 is 0 Å². The number of carbonyl (C=O) groups is 1. The first-order chi connectivity index (χ1) is 13.6. The number of hydrogen-bond acceptors (Lipinski definition) is 5. The van der Waals surface area contributed by atoms with E-state index in [1.807, 2.05) is 12.1 Å². The molecule has 0 saturated carbocycles. The summed E-state index contributed by atoms with van der Waals surface area (Å²) in [5, 5.41) is 3.50. The van der Waals surface area contributed by atoms with Crippen LogP contribution in [0.3, 0.4) is 0 Å². The van der Waals surface area contributed by atoms with Crippen molar-refractivity contribution in [3.63, 3.8) is 0 Å². The number of benzene rings is 1. The van der Waals surface area contributed by atoms with E-state index in [0.717, 1.165) is 42.3 Å². The van der Waals surface area contributed by atoms with E-state index in [-0.39, 0.29) is 17.8 Å². The van der Waals surface area contributed by atoms with Crippen molar-refractivity contribution in [2.24, 2.45) is 0 Å². The van der Waals surface area contributed by atoms with Crippen molar-refractivity contribution in [3.8, 4) is 0 Å². The molecule has 2 aliphatic heterocycles. The van der Waals surface area contributed by atoms with Crippen LogP contribution in [0, 0.1) is 5.82 Å². The second-order valence-electron chi connectivity index (χ2n) is 7.58. The van der Waals surface area contributed by atoms with Gasteiger partial charge < -0.3 is 15.1 Å². The highest BCUT2D eigenvalue weighted by Gasteiger charge is 2.24. The van der Waals surface area contributed by atoms with Crippen LogP contribution in [0.1, 0.15) is 49.8 Å². The summed E-state index contributed by atoms with van der Waals surface area (Å²) in [7, 11) is 0. The first-order valence-corrected chi connectivity index (χ1v) is 9.97. The fourth-order valence-corrected chi connectivity index (χ4v) is 4.10. The Morgan fingerprint density at radius 1 is 1.14 bits per heavy atom. The molecule has 2 aromatic rings. The lowest BCUT2D eigenvalue weighted by molar-refractivity contribution is -0.129. The highest BCUT2D eigenvalue weighted by molar-refractivity contribution is 5.73. The Kier molecular flexibility index (Phi) is 5.41.